The molecule has 0 fully saturated rings. The van der Waals surface area contributed by atoms with Crippen molar-refractivity contribution in [3.8, 4) is 22.9 Å². The van der Waals surface area contributed by atoms with Crippen LogP contribution in [0.2, 0.25) is 5.02 Å². The van der Waals surface area contributed by atoms with Gasteiger partial charge in [-0.15, -0.1) is 10.2 Å². The second-order valence-electron chi connectivity index (χ2n) is 7.16. The second kappa shape index (κ2) is 12.0. The van der Waals surface area contributed by atoms with Crippen molar-refractivity contribution in [3.63, 3.8) is 0 Å². The Hall–Kier alpha value is -4.22. The molecule has 0 saturated heterocycles. The number of methoxy groups -OCH3 is 1. The molecule has 2 aromatic carbocycles. The van der Waals surface area contributed by atoms with Gasteiger partial charge in [-0.25, -0.2) is 5.43 Å². The number of nitrogens with one attached hydrogen (secondary N) is 1. The summed E-state index contributed by atoms with van der Waals surface area (Å²) in [5.74, 6) is 0.517. The van der Waals surface area contributed by atoms with Crippen LogP contribution in [0.1, 0.15) is 11.1 Å². The zero-order valence-electron chi connectivity index (χ0n) is 18.9. The fourth-order valence-corrected chi connectivity index (χ4v) is 3.73. The first-order chi connectivity index (χ1) is 17.5. The molecule has 0 bridgehead atoms. The Balaban J connectivity index is 1.46. The van der Waals surface area contributed by atoms with Crippen LogP contribution in [-0.4, -0.2) is 56.2 Å². The van der Waals surface area contributed by atoms with E-state index in [2.05, 4.69) is 30.8 Å². The van der Waals surface area contributed by atoms with E-state index >= 15 is 0 Å². The van der Waals surface area contributed by atoms with Crippen LogP contribution < -0.4 is 10.2 Å². The summed E-state index contributed by atoms with van der Waals surface area (Å²) in [6.07, 6.45) is 6.41. The number of aromatic hydroxyl groups is 1. The number of ether oxygens (including phenoxy) is 1. The van der Waals surface area contributed by atoms with E-state index in [1.807, 2.05) is 12.1 Å². The Morgan fingerprint density at radius 3 is 2.61 bits per heavy atom. The molecule has 10 nitrogen and oxygen atoms in total. The summed E-state index contributed by atoms with van der Waals surface area (Å²) >= 11 is 7.12. The van der Waals surface area contributed by atoms with E-state index in [1.165, 1.54) is 19.4 Å². The summed E-state index contributed by atoms with van der Waals surface area (Å²) in [4.78, 5) is 16.4. The van der Waals surface area contributed by atoms with Gasteiger partial charge in [-0.2, -0.15) is 14.9 Å². The number of carbonyl (C=O) groups excluding carboxylic acids is 1. The topological polar surface area (TPSA) is 127 Å². The SMILES string of the molecule is COc1cc(C=NNC(=O)CSc2nnc(-c3ccncc3)n2N=Cc2ccc(Cl)cc2)ccc1O. The maximum atomic E-state index is 12.4. The summed E-state index contributed by atoms with van der Waals surface area (Å²) in [5.41, 5.74) is 4.72. The third kappa shape index (κ3) is 6.46. The van der Waals surface area contributed by atoms with Crippen LogP contribution in [-0.2, 0) is 4.79 Å². The maximum absolute atomic E-state index is 12.4. The molecule has 2 N–H and O–H groups in total. The van der Waals surface area contributed by atoms with Crippen LogP contribution in [0.5, 0.6) is 11.5 Å². The highest BCUT2D eigenvalue weighted by Crippen LogP contribution is 2.26. The number of rotatable bonds is 9. The fraction of sp³-hybridized carbons (Fsp3) is 0.0833. The average molecular weight is 522 g/mol. The molecule has 0 unspecified atom stereocenters. The molecule has 0 saturated carbocycles. The normalized spacial score (nSPS) is 11.3. The smallest absolute Gasteiger partial charge is 0.250 e. The molecule has 0 aliphatic heterocycles. The summed E-state index contributed by atoms with van der Waals surface area (Å²) in [5, 5.41) is 27.7. The number of amides is 1. The molecule has 4 aromatic rings. The van der Waals surface area contributed by atoms with E-state index in [0.717, 1.165) is 22.9 Å². The molecular weight excluding hydrogens is 502 g/mol. The molecule has 0 aliphatic rings. The van der Waals surface area contributed by atoms with Gasteiger partial charge in [0.25, 0.3) is 5.91 Å². The maximum Gasteiger partial charge on any atom is 0.250 e. The molecular formula is C24H20ClN7O3S. The molecule has 182 valence electrons. The van der Waals surface area contributed by atoms with Gasteiger partial charge in [-0.05, 0) is 53.6 Å². The van der Waals surface area contributed by atoms with Crippen molar-refractivity contribution in [1.82, 2.24) is 25.3 Å². The minimum absolute atomic E-state index is 0.0176. The number of nitrogens with zero attached hydrogens (tertiary/aromatic N) is 6. The highest BCUT2D eigenvalue weighted by atomic mass is 35.5. The standard InChI is InChI=1S/C24H20ClN7O3S/c1-35-21-12-17(4-7-20(21)33)13-27-29-22(34)15-36-24-31-30-23(18-8-10-26-11-9-18)32(24)28-14-16-2-5-19(25)6-3-16/h2-14,33H,15H2,1H3,(H,29,34). The van der Waals surface area contributed by atoms with Gasteiger partial charge < -0.3 is 9.84 Å². The third-order valence-electron chi connectivity index (χ3n) is 4.68. The number of thioether (sulfide) groups is 1. The van der Waals surface area contributed by atoms with E-state index in [1.54, 1.807) is 59.7 Å². The lowest BCUT2D eigenvalue weighted by molar-refractivity contribution is -0.118. The molecule has 0 atom stereocenters. The zero-order chi connectivity index (χ0) is 25.3. The van der Waals surface area contributed by atoms with Crippen molar-refractivity contribution < 1.29 is 14.6 Å². The molecule has 0 radical (unpaired) electrons. The minimum Gasteiger partial charge on any atom is -0.504 e. The highest BCUT2D eigenvalue weighted by Gasteiger charge is 2.15. The van der Waals surface area contributed by atoms with Crippen molar-refractivity contribution in [2.75, 3.05) is 12.9 Å². The first-order valence-corrected chi connectivity index (χ1v) is 11.9. The Morgan fingerprint density at radius 2 is 1.86 bits per heavy atom. The van der Waals surface area contributed by atoms with Crippen molar-refractivity contribution in [2.24, 2.45) is 10.2 Å². The number of carbonyl (C=O) groups is 1. The van der Waals surface area contributed by atoms with Crippen LogP contribution in [0, 0.1) is 0 Å². The lowest BCUT2D eigenvalue weighted by Crippen LogP contribution is -2.19. The lowest BCUT2D eigenvalue weighted by Gasteiger charge is -2.05. The van der Waals surface area contributed by atoms with E-state index < -0.39 is 0 Å². The molecule has 2 aromatic heterocycles. The summed E-state index contributed by atoms with van der Waals surface area (Å²) in [7, 11) is 1.45. The average Bonchev–Trinajstić information content (AvgIpc) is 3.31. The van der Waals surface area contributed by atoms with E-state index in [-0.39, 0.29) is 17.4 Å². The van der Waals surface area contributed by atoms with Crippen LogP contribution in [0.3, 0.4) is 0 Å². The molecule has 2 heterocycles. The van der Waals surface area contributed by atoms with E-state index in [0.29, 0.717) is 27.3 Å². The first kappa shape index (κ1) is 24.9. The Labute approximate surface area is 215 Å². The number of hydrogen-bond acceptors (Lipinski definition) is 9. The van der Waals surface area contributed by atoms with Gasteiger partial charge in [-0.1, -0.05) is 35.5 Å². The molecule has 36 heavy (non-hydrogen) atoms. The molecule has 1 amide bonds. The number of pyridine rings is 1. The van der Waals surface area contributed by atoms with Gasteiger partial charge in [-0.3, -0.25) is 9.78 Å². The number of phenolic OH excluding ortho intramolecular Hbond substituents is 1. The zero-order valence-corrected chi connectivity index (χ0v) is 20.5. The number of halogens is 1. The second-order valence-corrected chi connectivity index (χ2v) is 8.54. The number of hydrazone groups is 1. The quantitative estimate of drug-likeness (QED) is 0.195. The molecule has 4 rings (SSSR count). The largest absolute Gasteiger partial charge is 0.504 e. The minimum atomic E-state index is -0.344. The monoisotopic (exact) mass is 521 g/mol. The van der Waals surface area contributed by atoms with Crippen LogP contribution in [0.15, 0.2) is 82.4 Å². The summed E-state index contributed by atoms with van der Waals surface area (Å²) in [6.45, 7) is 0. The lowest BCUT2D eigenvalue weighted by atomic mass is 10.2. The van der Waals surface area contributed by atoms with E-state index in [9.17, 15) is 9.90 Å². The van der Waals surface area contributed by atoms with E-state index in [4.69, 9.17) is 16.3 Å². The van der Waals surface area contributed by atoms with Crippen molar-refractivity contribution in [3.05, 3.63) is 83.1 Å². The van der Waals surface area contributed by atoms with Gasteiger partial charge in [0, 0.05) is 23.0 Å². The van der Waals surface area contributed by atoms with Crippen LogP contribution >= 0.6 is 23.4 Å². The Morgan fingerprint density at radius 1 is 1.11 bits per heavy atom. The van der Waals surface area contributed by atoms with Crippen molar-refractivity contribution in [1.29, 1.82) is 0 Å². The van der Waals surface area contributed by atoms with Gasteiger partial charge in [0.15, 0.2) is 17.3 Å². The van der Waals surface area contributed by atoms with Gasteiger partial charge in [0.1, 0.15) is 0 Å². The first-order valence-electron chi connectivity index (χ1n) is 10.5. The van der Waals surface area contributed by atoms with Gasteiger partial charge in [0.2, 0.25) is 5.16 Å². The van der Waals surface area contributed by atoms with Crippen molar-refractivity contribution in [2.45, 2.75) is 5.16 Å². The Bertz CT molecular complexity index is 1390. The highest BCUT2D eigenvalue weighted by molar-refractivity contribution is 7.99. The molecule has 12 heteroatoms. The van der Waals surface area contributed by atoms with Gasteiger partial charge >= 0.3 is 0 Å². The van der Waals surface area contributed by atoms with Crippen LogP contribution in [0.25, 0.3) is 11.4 Å². The summed E-state index contributed by atoms with van der Waals surface area (Å²) in [6, 6.07) is 15.5. The number of hydrogen-bond donors (Lipinski definition) is 2. The third-order valence-corrected chi connectivity index (χ3v) is 5.85. The van der Waals surface area contributed by atoms with Gasteiger partial charge in [0.05, 0.1) is 25.3 Å². The number of benzene rings is 2. The Kier molecular flexibility index (Phi) is 8.27. The predicted molar refractivity (Wildman–Crippen MR) is 139 cm³/mol. The predicted octanol–water partition coefficient (Wildman–Crippen LogP) is 3.83. The molecule has 0 aliphatic carbocycles. The van der Waals surface area contributed by atoms with Crippen LogP contribution in [0.4, 0.5) is 0 Å². The van der Waals surface area contributed by atoms with Crippen molar-refractivity contribution >= 4 is 41.7 Å². The number of aromatic nitrogens is 4. The molecule has 0 spiro atoms. The summed E-state index contributed by atoms with van der Waals surface area (Å²) < 4.78 is 6.62. The number of phenols is 1. The fourth-order valence-electron chi connectivity index (χ4n) is 2.93.